The van der Waals surface area contributed by atoms with E-state index >= 15 is 4.39 Å². The van der Waals surface area contributed by atoms with E-state index in [1.54, 1.807) is 28.6 Å². The fraction of sp³-hybridized carbons (Fsp3) is 0.467. The van der Waals surface area contributed by atoms with Crippen LogP contribution >= 0.6 is 11.6 Å². The van der Waals surface area contributed by atoms with Gasteiger partial charge in [-0.25, -0.2) is 17.8 Å². The monoisotopic (exact) mass is 645 g/mol. The number of amides is 1. The van der Waals surface area contributed by atoms with Crippen LogP contribution in [0.3, 0.4) is 0 Å². The zero-order chi connectivity index (χ0) is 31.4. The Labute approximate surface area is 261 Å². The lowest BCUT2D eigenvalue weighted by Gasteiger charge is -2.37. The molecule has 2 saturated heterocycles. The molecule has 0 spiro atoms. The van der Waals surface area contributed by atoms with Crippen molar-refractivity contribution in [2.45, 2.75) is 69.7 Å². The normalized spacial score (nSPS) is 22.5. The van der Waals surface area contributed by atoms with Crippen molar-refractivity contribution in [3.63, 3.8) is 0 Å². The Kier molecular flexibility index (Phi) is 10.1. The molecule has 3 aromatic rings. The molecule has 0 saturated carbocycles. The van der Waals surface area contributed by atoms with Gasteiger partial charge in [-0.3, -0.25) is 14.8 Å². The summed E-state index contributed by atoms with van der Waals surface area (Å²) in [6.07, 6.45) is 7.31. The Bertz CT molecular complexity index is 1560. The molecular weight excluding hydrogens is 609 g/mol. The molecule has 4 N–H and O–H groups in total. The fourth-order valence-electron chi connectivity index (χ4n) is 5.77. The van der Waals surface area contributed by atoms with Gasteiger partial charge in [0.05, 0.1) is 60.0 Å². The first-order valence-corrected chi connectivity index (χ1v) is 16.7. The highest BCUT2D eigenvalue weighted by molar-refractivity contribution is 7.89. The molecule has 2 aliphatic rings. The fourth-order valence-corrected chi connectivity index (χ4v) is 7.70. The summed E-state index contributed by atoms with van der Waals surface area (Å²) in [5.74, 6) is -1.45. The van der Waals surface area contributed by atoms with E-state index in [9.17, 15) is 13.2 Å². The summed E-state index contributed by atoms with van der Waals surface area (Å²) < 4.78 is 48.1. The summed E-state index contributed by atoms with van der Waals surface area (Å²) in [5.41, 5.74) is 8.09. The van der Waals surface area contributed by atoms with Crippen LogP contribution in [-0.4, -0.2) is 76.7 Å². The van der Waals surface area contributed by atoms with Gasteiger partial charge < -0.3 is 21.1 Å². The highest BCUT2D eigenvalue weighted by atomic mass is 35.5. The largest absolute Gasteiger partial charge is 0.474 e. The first-order valence-electron chi connectivity index (χ1n) is 14.7. The zero-order valence-corrected chi connectivity index (χ0v) is 26.2. The summed E-state index contributed by atoms with van der Waals surface area (Å²) in [6.45, 7) is 4.64. The highest BCUT2D eigenvalue weighted by Gasteiger charge is 2.38. The second-order valence-corrected chi connectivity index (χ2v) is 13.9. The number of piperazine rings is 1. The van der Waals surface area contributed by atoms with E-state index in [4.69, 9.17) is 22.1 Å². The predicted octanol–water partition coefficient (Wildman–Crippen LogP) is 3.25. The number of carbonyl (C=O) groups excluding carboxylic acids is 1. The van der Waals surface area contributed by atoms with E-state index in [0.29, 0.717) is 48.1 Å². The number of ether oxygens (including phenoxy) is 1. The van der Waals surface area contributed by atoms with Crippen molar-refractivity contribution in [3.8, 4) is 5.88 Å². The number of carbonyl (C=O) groups is 1. The van der Waals surface area contributed by atoms with Crippen molar-refractivity contribution >= 4 is 33.2 Å². The zero-order valence-electron chi connectivity index (χ0n) is 24.6. The highest BCUT2D eigenvalue weighted by Crippen LogP contribution is 2.30. The minimum atomic E-state index is -3.40. The van der Waals surface area contributed by atoms with E-state index < -0.39 is 33.7 Å². The minimum absolute atomic E-state index is 0.0932. The number of hydrogen-bond donors (Lipinski definition) is 3. The molecule has 0 aliphatic carbocycles. The van der Waals surface area contributed by atoms with E-state index in [-0.39, 0.29) is 41.6 Å². The molecule has 2 aliphatic heterocycles. The van der Waals surface area contributed by atoms with Crippen LogP contribution in [0.5, 0.6) is 5.88 Å². The second-order valence-electron chi connectivity index (χ2n) is 11.5. The molecule has 4 heterocycles. The van der Waals surface area contributed by atoms with Gasteiger partial charge >= 0.3 is 0 Å². The summed E-state index contributed by atoms with van der Waals surface area (Å²) in [4.78, 5) is 26.4. The van der Waals surface area contributed by atoms with Crippen molar-refractivity contribution in [2.75, 3.05) is 24.2 Å². The molecule has 5 rings (SSSR count). The quantitative estimate of drug-likeness (QED) is 0.302. The van der Waals surface area contributed by atoms with Crippen LogP contribution in [0.25, 0.3) is 0 Å². The van der Waals surface area contributed by atoms with Crippen LogP contribution in [0.1, 0.15) is 55.8 Å². The van der Waals surface area contributed by atoms with Gasteiger partial charge in [0.15, 0.2) is 0 Å². The van der Waals surface area contributed by atoms with Crippen molar-refractivity contribution in [1.82, 2.24) is 24.6 Å². The average molecular weight is 646 g/mol. The Balaban J connectivity index is 1.36. The number of fused-ring (bicyclic) bond motifs is 2. The van der Waals surface area contributed by atoms with Crippen LogP contribution in [-0.2, 0) is 21.2 Å². The SMILES string of the molecule is CC(C)Oc1cnc([C@H](c2ccc(Cl)cc2)[C@H](N)C(=O)Nc2cncc(F)c2CC[C@H]2CN[C@@H]3CCCS(=O)(=O)N2C3)cn1. The first-order chi connectivity index (χ1) is 21.0. The van der Waals surface area contributed by atoms with Crippen molar-refractivity contribution in [1.29, 1.82) is 0 Å². The Morgan fingerprint density at radius 1 is 1.20 bits per heavy atom. The average Bonchev–Trinajstić information content (AvgIpc) is 3.10. The molecule has 5 atom stereocenters. The number of nitrogens with two attached hydrogens (primary N) is 1. The Morgan fingerprint density at radius 2 is 1.98 bits per heavy atom. The third kappa shape index (κ3) is 7.52. The van der Waals surface area contributed by atoms with Gasteiger partial charge in [0.2, 0.25) is 21.8 Å². The molecule has 44 heavy (non-hydrogen) atoms. The smallest absolute Gasteiger partial charge is 0.242 e. The van der Waals surface area contributed by atoms with Gasteiger partial charge in [-0.2, -0.15) is 4.31 Å². The number of aromatic nitrogens is 3. The first kappa shape index (κ1) is 32.2. The molecule has 236 valence electrons. The van der Waals surface area contributed by atoms with E-state index in [0.717, 1.165) is 12.6 Å². The number of nitrogens with one attached hydrogen (secondary N) is 2. The number of hydrogen-bond acceptors (Lipinski definition) is 9. The summed E-state index contributed by atoms with van der Waals surface area (Å²) in [6, 6.07) is 5.54. The van der Waals surface area contributed by atoms with Gasteiger partial charge in [-0.05, 0) is 57.2 Å². The molecule has 2 aromatic heterocycles. The number of benzene rings is 1. The molecule has 14 heteroatoms. The standard InChI is InChI=1S/C30H37ClFN7O4S/c1-18(2)43-27-16-36-26(15-37-27)28(19-5-7-20(31)8-6-19)29(33)30(40)38-25-14-34-13-24(32)23(25)10-9-22-12-35-21-4-3-11-44(41,42)39(22)17-21/h5-8,13-16,18,21-22,28-29,35H,3-4,9-12,17,33H2,1-2H3,(H,38,40)/t21-,22+,28+,29+/m1/s1. The maximum absolute atomic E-state index is 15.1. The summed E-state index contributed by atoms with van der Waals surface area (Å²) in [5, 5.41) is 6.71. The van der Waals surface area contributed by atoms with Gasteiger partial charge in [-0.1, -0.05) is 23.7 Å². The molecule has 2 bridgehead atoms. The van der Waals surface area contributed by atoms with Gasteiger partial charge in [0.1, 0.15) is 5.82 Å². The third-order valence-electron chi connectivity index (χ3n) is 7.97. The molecule has 1 unspecified atom stereocenters. The van der Waals surface area contributed by atoms with Crippen molar-refractivity contribution in [2.24, 2.45) is 5.73 Å². The van der Waals surface area contributed by atoms with Gasteiger partial charge in [0.25, 0.3) is 0 Å². The Morgan fingerprint density at radius 3 is 2.68 bits per heavy atom. The number of sulfonamides is 1. The summed E-state index contributed by atoms with van der Waals surface area (Å²) >= 11 is 6.11. The Hall–Kier alpha value is -3.23. The van der Waals surface area contributed by atoms with Crippen LogP contribution < -0.4 is 21.1 Å². The van der Waals surface area contributed by atoms with E-state index in [1.165, 1.54) is 18.6 Å². The maximum Gasteiger partial charge on any atom is 0.242 e. The number of halogens is 2. The molecule has 0 radical (unpaired) electrons. The lowest BCUT2D eigenvalue weighted by atomic mass is 9.88. The lowest BCUT2D eigenvalue weighted by Crippen LogP contribution is -2.57. The molecule has 2 fully saturated rings. The number of nitrogens with zero attached hydrogens (tertiary/aromatic N) is 4. The number of pyridine rings is 1. The van der Waals surface area contributed by atoms with Crippen LogP contribution in [0.2, 0.25) is 5.02 Å². The third-order valence-corrected chi connectivity index (χ3v) is 10.2. The minimum Gasteiger partial charge on any atom is -0.474 e. The van der Waals surface area contributed by atoms with Crippen molar-refractivity contribution in [3.05, 3.63) is 76.7 Å². The maximum atomic E-state index is 15.1. The molecule has 1 amide bonds. The summed E-state index contributed by atoms with van der Waals surface area (Å²) in [7, 11) is -3.40. The molecular formula is C30H37ClFN7O4S. The van der Waals surface area contributed by atoms with E-state index in [1.807, 2.05) is 13.8 Å². The molecule has 11 nitrogen and oxygen atoms in total. The second kappa shape index (κ2) is 13.8. The number of anilines is 1. The molecule has 1 aromatic carbocycles. The number of rotatable bonds is 10. The van der Waals surface area contributed by atoms with Crippen LogP contribution in [0.15, 0.2) is 49.1 Å². The predicted molar refractivity (Wildman–Crippen MR) is 166 cm³/mol. The van der Waals surface area contributed by atoms with Gasteiger partial charge in [0, 0.05) is 35.8 Å². The topological polar surface area (TPSA) is 152 Å². The lowest BCUT2D eigenvalue weighted by molar-refractivity contribution is -0.117. The van der Waals surface area contributed by atoms with Gasteiger partial charge in [-0.15, -0.1) is 0 Å². The van der Waals surface area contributed by atoms with E-state index in [2.05, 4.69) is 25.6 Å². The van der Waals surface area contributed by atoms with Crippen LogP contribution in [0.4, 0.5) is 10.1 Å². The van der Waals surface area contributed by atoms with Crippen LogP contribution in [0, 0.1) is 5.82 Å². The van der Waals surface area contributed by atoms with Crippen molar-refractivity contribution < 1.29 is 22.3 Å².